The fraction of sp³-hybridized carbons (Fsp3) is 0. The van der Waals surface area contributed by atoms with Gasteiger partial charge in [-0.15, -0.1) is 0 Å². The Labute approximate surface area is 503 Å². The summed E-state index contributed by atoms with van der Waals surface area (Å²) in [5.74, 6) is 2.96. The highest BCUT2D eigenvalue weighted by Crippen LogP contribution is 2.51. The highest BCUT2D eigenvalue weighted by molar-refractivity contribution is 6.40. The summed E-state index contributed by atoms with van der Waals surface area (Å²) in [6.45, 7) is 0. The lowest BCUT2D eigenvalue weighted by Crippen LogP contribution is -2.04. The molecule has 410 valence electrons. The van der Waals surface area contributed by atoms with E-state index in [9.17, 15) is 0 Å². The lowest BCUT2D eigenvalue weighted by Gasteiger charge is -2.17. The molecule has 0 bridgehead atoms. The molecule has 18 aromatic rings. The van der Waals surface area contributed by atoms with Crippen LogP contribution in [0.1, 0.15) is 0 Å². The van der Waals surface area contributed by atoms with Crippen LogP contribution in [0.15, 0.2) is 286 Å². The van der Waals surface area contributed by atoms with Crippen molar-refractivity contribution in [2.75, 3.05) is 0 Å². The van der Waals surface area contributed by atoms with Gasteiger partial charge in [0.1, 0.15) is 0 Å². The summed E-state index contributed by atoms with van der Waals surface area (Å²) in [6, 6.07) is 92.3. The molecule has 0 N–H and O–H groups in total. The Kier molecular flexibility index (Phi) is 11.0. The maximum Gasteiger partial charge on any atom is 0.164 e. The normalized spacial score (nSPS) is 11.9. The fourth-order valence-electron chi connectivity index (χ4n) is 13.5. The lowest BCUT2D eigenvalue weighted by atomic mass is 10.0. The highest BCUT2D eigenvalue weighted by Gasteiger charge is 2.30. The third kappa shape index (κ3) is 7.60. The highest BCUT2D eigenvalue weighted by atomic mass is 15.1. The number of benzene rings is 11. The Balaban J connectivity index is 1.03. The predicted octanol–water partition coefficient (Wildman–Crippen LogP) is 18.2. The predicted molar refractivity (Wildman–Crippen MR) is 356 cm³/mol. The molecular weight excluding hydrogens is 1080 g/mol. The molecule has 0 atom stereocenters. The van der Waals surface area contributed by atoms with Gasteiger partial charge < -0.3 is 18.3 Å². The average molecular weight is 1130 g/mol. The van der Waals surface area contributed by atoms with Gasteiger partial charge in [0, 0.05) is 118 Å². The SMILES string of the molecule is c1ccc(-c2nc(-c3ccccc3)nc(-c3cc(-n4c5ccc(-c6ncccn6)cc5c5cc(-c6ncccn6)ccc54)cc(-n4c5ccccc5c5c6c(c7ccccc7n6-c6ccccc6)c6c(c7ccccc7n6-c6ccccc6)c54)c3)n2)cc1. The molecule has 0 amide bonds. The summed E-state index contributed by atoms with van der Waals surface area (Å²) in [4.78, 5) is 34.9. The van der Waals surface area contributed by atoms with Crippen molar-refractivity contribution in [2.24, 2.45) is 0 Å². The van der Waals surface area contributed by atoms with E-state index >= 15 is 0 Å². The van der Waals surface area contributed by atoms with Gasteiger partial charge in [-0.2, -0.15) is 0 Å². The molecule has 7 heterocycles. The number of hydrogen-bond donors (Lipinski definition) is 0. The van der Waals surface area contributed by atoms with E-state index < -0.39 is 0 Å². The Bertz CT molecular complexity index is 5550. The van der Waals surface area contributed by atoms with Crippen molar-refractivity contribution in [3.63, 3.8) is 0 Å². The molecule has 11 aromatic carbocycles. The van der Waals surface area contributed by atoms with Crippen LogP contribution in [0.3, 0.4) is 0 Å². The summed E-state index contributed by atoms with van der Waals surface area (Å²) < 4.78 is 9.85. The second kappa shape index (κ2) is 19.7. The molecule has 11 heteroatoms. The van der Waals surface area contributed by atoms with Crippen molar-refractivity contribution in [2.45, 2.75) is 0 Å². The van der Waals surface area contributed by atoms with Gasteiger partial charge in [0.05, 0.1) is 44.1 Å². The first-order valence-corrected chi connectivity index (χ1v) is 29.4. The van der Waals surface area contributed by atoms with Crippen LogP contribution in [-0.4, -0.2) is 53.2 Å². The topological polar surface area (TPSA) is 110 Å². The van der Waals surface area contributed by atoms with Crippen molar-refractivity contribution >= 4 is 87.2 Å². The van der Waals surface area contributed by atoms with Crippen LogP contribution in [0.25, 0.3) is 167 Å². The van der Waals surface area contributed by atoms with Crippen LogP contribution < -0.4 is 0 Å². The van der Waals surface area contributed by atoms with Gasteiger partial charge in [-0.3, -0.25) is 0 Å². The molecule has 7 aromatic heterocycles. The van der Waals surface area contributed by atoms with Gasteiger partial charge in [0.25, 0.3) is 0 Å². The zero-order valence-corrected chi connectivity index (χ0v) is 47.1. The molecular formula is C77H47N11. The average Bonchev–Trinajstić information content (AvgIpc) is 1.53. The summed E-state index contributed by atoms with van der Waals surface area (Å²) in [7, 11) is 0. The van der Waals surface area contributed by atoms with Crippen LogP contribution in [-0.2, 0) is 0 Å². The van der Waals surface area contributed by atoms with Gasteiger partial charge in [-0.1, -0.05) is 152 Å². The quantitative estimate of drug-likeness (QED) is 0.142. The molecule has 0 radical (unpaired) electrons. The van der Waals surface area contributed by atoms with Gasteiger partial charge in [-0.05, 0) is 109 Å². The van der Waals surface area contributed by atoms with Crippen LogP contribution in [0.2, 0.25) is 0 Å². The van der Waals surface area contributed by atoms with Gasteiger partial charge >= 0.3 is 0 Å². The minimum absolute atomic E-state index is 0.529. The zero-order valence-electron chi connectivity index (χ0n) is 47.1. The molecule has 0 aliphatic carbocycles. The monoisotopic (exact) mass is 1130 g/mol. The van der Waals surface area contributed by atoms with Crippen LogP contribution in [0, 0.1) is 0 Å². The van der Waals surface area contributed by atoms with E-state index in [1.165, 1.54) is 10.8 Å². The largest absolute Gasteiger partial charge is 0.309 e. The second-order valence-electron chi connectivity index (χ2n) is 22.1. The van der Waals surface area contributed by atoms with E-state index in [0.29, 0.717) is 29.1 Å². The molecule has 11 nitrogen and oxygen atoms in total. The molecule has 0 unspecified atom stereocenters. The van der Waals surface area contributed by atoms with Crippen molar-refractivity contribution in [1.82, 2.24) is 53.2 Å². The molecule has 0 spiro atoms. The first-order chi connectivity index (χ1) is 43.7. The summed E-state index contributed by atoms with van der Waals surface area (Å²) >= 11 is 0. The van der Waals surface area contributed by atoms with Gasteiger partial charge in [-0.25, -0.2) is 34.9 Å². The molecule has 0 fully saturated rings. The Morgan fingerprint density at radius 3 is 0.943 bits per heavy atom. The van der Waals surface area contributed by atoms with E-state index in [4.69, 9.17) is 34.9 Å². The Hall–Kier alpha value is -12.2. The van der Waals surface area contributed by atoms with Crippen molar-refractivity contribution in [3.8, 4) is 79.7 Å². The number of fused-ring (bicyclic) bond motifs is 15. The van der Waals surface area contributed by atoms with Crippen LogP contribution in [0.5, 0.6) is 0 Å². The molecule has 0 aliphatic rings. The van der Waals surface area contributed by atoms with Crippen LogP contribution >= 0.6 is 0 Å². The molecule has 0 aliphatic heterocycles. The molecule has 0 saturated carbocycles. The number of rotatable bonds is 9. The molecule has 18 rings (SSSR count). The number of nitrogens with zero attached hydrogens (tertiary/aromatic N) is 11. The summed E-state index contributed by atoms with van der Waals surface area (Å²) in [5, 5.41) is 8.93. The maximum atomic E-state index is 5.45. The first kappa shape index (κ1) is 49.2. The Morgan fingerprint density at radius 1 is 0.205 bits per heavy atom. The first-order valence-electron chi connectivity index (χ1n) is 29.4. The van der Waals surface area contributed by atoms with E-state index in [1.807, 2.05) is 48.5 Å². The third-order valence-corrected chi connectivity index (χ3v) is 17.2. The smallest absolute Gasteiger partial charge is 0.164 e. The number of aromatic nitrogens is 11. The van der Waals surface area contributed by atoms with Crippen molar-refractivity contribution in [1.29, 1.82) is 0 Å². The summed E-state index contributed by atoms with van der Waals surface area (Å²) in [5.41, 5.74) is 16.9. The zero-order chi connectivity index (χ0) is 57.8. The second-order valence-corrected chi connectivity index (χ2v) is 22.1. The van der Waals surface area contributed by atoms with Crippen molar-refractivity contribution < 1.29 is 0 Å². The third-order valence-electron chi connectivity index (χ3n) is 17.2. The van der Waals surface area contributed by atoms with Crippen LogP contribution in [0.4, 0.5) is 0 Å². The fourth-order valence-corrected chi connectivity index (χ4v) is 13.5. The van der Waals surface area contributed by atoms with E-state index in [-0.39, 0.29) is 0 Å². The molecule has 88 heavy (non-hydrogen) atoms. The minimum atomic E-state index is 0.529. The standard InChI is InChI=1S/C77H47N11/c1-5-21-48(22-6-1)75-82-76(49-23-7-2-8-24-49)84-77(83-75)52-43-55(85-65-37-35-50(73-78-39-19-40-79-73)45-60(65)61-46-51(36-38-66(61)85)74-80-41-20-42-81-74)47-56(44-52)88-64-34-18-15-31-59(64)69-71-67(57-29-13-16-32-62(57)86(71)53-25-9-3-10-26-53)70-68(72(69)88)58-30-14-17-33-63(58)87(70)54-27-11-4-12-28-54/h1-47H. The summed E-state index contributed by atoms with van der Waals surface area (Å²) in [6.07, 6.45) is 7.15. The van der Waals surface area contributed by atoms with E-state index in [0.717, 1.165) is 127 Å². The van der Waals surface area contributed by atoms with Gasteiger partial charge in [0.15, 0.2) is 29.1 Å². The number of para-hydroxylation sites is 5. The van der Waals surface area contributed by atoms with Gasteiger partial charge in [0.2, 0.25) is 0 Å². The minimum Gasteiger partial charge on any atom is -0.309 e. The molecule has 0 saturated heterocycles. The van der Waals surface area contributed by atoms with E-state index in [1.54, 1.807) is 24.8 Å². The lowest BCUT2D eigenvalue weighted by molar-refractivity contribution is 1.07. The Morgan fingerprint density at radius 2 is 0.534 bits per heavy atom. The number of hydrogen-bond acceptors (Lipinski definition) is 7. The maximum absolute atomic E-state index is 5.45. The van der Waals surface area contributed by atoms with E-state index in [2.05, 4.69) is 231 Å². The van der Waals surface area contributed by atoms with Crippen molar-refractivity contribution in [3.05, 3.63) is 286 Å².